The van der Waals surface area contributed by atoms with E-state index in [1.807, 2.05) is 14.0 Å². The van der Waals surface area contributed by atoms with Crippen LogP contribution in [0, 0.1) is 5.82 Å². The maximum absolute atomic E-state index is 12.9. The van der Waals surface area contributed by atoms with E-state index in [2.05, 4.69) is 10.2 Å². The van der Waals surface area contributed by atoms with Crippen LogP contribution in [-0.4, -0.2) is 33.1 Å². The van der Waals surface area contributed by atoms with E-state index in [0.29, 0.717) is 17.6 Å². The second-order valence-corrected chi connectivity index (χ2v) is 5.68. The van der Waals surface area contributed by atoms with Crippen LogP contribution in [0.15, 0.2) is 29.4 Å². The van der Waals surface area contributed by atoms with Crippen molar-refractivity contribution in [3.8, 4) is 11.4 Å². The van der Waals surface area contributed by atoms with Gasteiger partial charge in [-0.1, -0.05) is 25.1 Å². The lowest BCUT2D eigenvalue weighted by Crippen LogP contribution is -2.09. The molecule has 0 atom stereocenters. The largest absolute Gasteiger partial charge is 0.465 e. The summed E-state index contributed by atoms with van der Waals surface area (Å²) in [4.78, 5) is 11.6. The maximum atomic E-state index is 12.9. The molecule has 0 spiro atoms. The predicted octanol–water partition coefficient (Wildman–Crippen LogP) is 3.06. The number of rotatable bonds is 7. The minimum atomic E-state index is -0.296. The highest BCUT2D eigenvalue weighted by Crippen LogP contribution is 2.22. The van der Waals surface area contributed by atoms with Gasteiger partial charge in [0.15, 0.2) is 11.0 Å². The summed E-state index contributed by atoms with van der Waals surface area (Å²) in [6.45, 7) is 2.49. The van der Waals surface area contributed by atoms with Crippen molar-refractivity contribution in [1.29, 1.82) is 0 Å². The van der Waals surface area contributed by atoms with Gasteiger partial charge in [-0.25, -0.2) is 4.39 Å². The summed E-state index contributed by atoms with van der Waals surface area (Å²) in [7, 11) is 1.81. The first-order valence-electron chi connectivity index (χ1n) is 7.05. The topological polar surface area (TPSA) is 57.0 Å². The van der Waals surface area contributed by atoms with Crippen molar-refractivity contribution >= 4 is 17.7 Å². The molecule has 0 bridgehead atoms. The smallest absolute Gasteiger partial charge is 0.316 e. The summed E-state index contributed by atoms with van der Waals surface area (Å²) >= 11 is 1.27. The monoisotopic (exact) mass is 323 g/mol. The molecule has 0 aliphatic rings. The summed E-state index contributed by atoms with van der Waals surface area (Å²) in [6.07, 6.45) is 1.86. The minimum absolute atomic E-state index is 0.194. The van der Waals surface area contributed by atoms with Crippen molar-refractivity contribution in [2.45, 2.75) is 24.9 Å². The van der Waals surface area contributed by atoms with Crippen LogP contribution in [0.25, 0.3) is 11.4 Å². The maximum Gasteiger partial charge on any atom is 0.316 e. The number of hydrogen-bond donors (Lipinski definition) is 0. The van der Waals surface area contributed by atoms with Gasteiger partial charge < -0.3 is 9.30 Å². The molecule has 0 amide bonds. The molecular formula is C15H18FN3O2S. The van der Waals surface area contributed by atoms with Crippen LogP contribution >= 0.6 is 11.8 Å². The van der Waals surface area contributed by atoms with Crippen molar-refractivity contribution in [2.24, 2.45) is 7.05 Å². The van der Waals surface area contributed by atoms with E-state index in [1.54, 1.807) is 16.7 Å². The first kappa shape index (κ1) is 16.5. The van der Waals surface area contributed by atoms with Gasteiger partial charge in [-0.15, -0.1) is 10.2 Å². The predicted molar refractivity (Wildman–Crippen MR) is 83.0 cm³/mol. The molecule has 0 radical (unpaired) electrons. The molecular weight excluding hydrogens is 305 g/mol. The molecule has 0 saturated carbocycles. The Morgan fingerprint density at radius 1 is 1.32 bits per heavy atom. The van der Waals surface area contributed by atoms with E-state index in [9.17, 15) is 9.18 Å². The van der Waals surface area contributed by atoms with Crippen LogP contribution in [-0.2, 0) is 16.6 Å². The summed E-state index contributed by atoms with van der Waals surface area (Å²) < 4.78 is 19.8. The van der Waals surface area contributed by atoms with Crippen molar-refractivity contribution in [3.63, 3.8) is 0 Å². The third-order valence-electron chi connectivity index (χ3n) is 3.02. The lowest BCUT2D eigenvalue weighted by molar-refractivity contribution is -0.140. The molecule has 7 heteroatoms. The number of carbonyl (C=O) groups is 1. The lowest BCUT2D eigenvalue weighted by atomic mass is 10.2. The molecule has 118 valence electrons. The first-order chi connectivity index (χ1) is 10.6. The highest BCUT2D eigenvalue weighted by atomic mass is 32.2. The molecule has 1 heterocycles. The summed E-state index contributed by atoms with van der Waals surface area (Å²) in [5, 5.41) is 8.76. The second kappa shape index (κ2) is 7.93. The highest BCUT2D eigenvalue weighted by Gasteiger charge is 2.13. The van der Waals surface area contributed by atoms with Crippen LogP contribution in [0.3, 0.4) is 0 Å². The van der Waals surface area contributed by atoms with Crippen LogP contribution < -0.4 is 0 Å². The van der Waals surface area contributed by atoms with Crippen LogP contribution in [0.1, 0.15) is 19.8 Å². The van der Waals surface area contributed by atoms with Crippen molar-refractivity contribution in [2.75, 3.05) is 12.4 Å². The number of unbranched alkanes of at least 4 members (excludes halogenated alkanes) is 1. The molecule has 0 N–H and O–H groups in total. The Labute approximate surface area is 132 Å². The van der Waals surface area contributed by atoms with Crippen LogP contribution in [0.5, 0.6) is 0 Å². The van der Waals surface area contributed by atoms with Gasteiger partial charge in [0.1, 0.15) is 5.82 Å². The number of thioether (sulfide) groups is 1. The summed E-state index contributed by atoms with van der Waals surface area (Å²) in [5.41, 5.74) is 0.772. The molecule has 1 aromatic carbocycles. The fourth-order valence-corrected chi connectivity index (χ4v) is 2.50. The fourth-order valence-electron chi connectivity index (χ4n) is 1.79. The van der Waals surface area contributed by atoms with Gasteiger partial charge in [-0.05, 0) is 30.7 Å². The number of hydrogen-bond acceptors (Lipinski definition) is 5. The van der Waals surface area contributed by atoms with Crippen LogP contribution in [0.2, 0.25) is 0 Å². The Bertz CT molecular complexity index is 628. The normalized spacial score (nSPS) is 10.7. The van der Waals surface area contributed by atoms with Gasteiger partial charge in [0, 0.05) is 12.6 Å². The van der Waals surface area contributed by atoms with Gasteiger partial charge in [0.25, 0.3) is 0 Å². The molecule has 0 saturated heterocycles. The van der Waals surface area contributed by atoms with Gasteiger partial charge in [-0.3, -0.25) is 4.79 Å². The van der Waals surface area contributed by atoms with Gasteiger partial charge in [0.2, 0.25) is 0 Å². The quantitative estimate of drug-likeness (QED) is 0.445. The zero-order valence-electron chi connectivity index (χ0n) is 12.6. The van der Waals surface area contributed by atoms with Crippen LogP contribution in [0.4, 0.5) is 4.39 Å². The van der Waals surface area contributed by atoms with Crippen molar-refractivity contribution in [1.82, 2.24) is 14.8 Å². The van der Waals surface area contributed by atoms with Gasteiger partial charge in [0.05, 0.1) is 12.4 Å². The Kier molecular flexibility index (Phi) is 5.94. The fraction of sp³-hybridized carbons (Fsp3) is 0.400. The molecule has 1 aromatic heterocycles. The van der Waals surface area contributed by atoms with Crippen molar-refractivity contribution in [3.05, 3.63) is 30.1 Å². The Hall–Kier alpha value is -1.89. The number of benzene rings is 1. The molecule has 0 fully saturated rings. The number of carbonyl (C=O) groups excluding carboxylic acids is 1. The molecule has 0 aliphatic carbocycles. The van der Waals surface area contributed by atoms with E-state index < -0.39 is 0 Å². The zero-order valence-corrected chi connectivity index (χ0v) is 13.4. The average Bonchev–Trinajstić information content (AvgIpc) is 2.87. The van der Waals surface area contributed by atoms with Gasteiger partial charge >= 0.3 is 5.97 Å². The Morgan fingerprint density at radius 3 is 2.73 bits per heavy atom. The van der Waals surface area contributed by atoms with Gasteiger partial charge in [-0.2, -0.15) is 0 Å². The standard InChI is InChI=1S/C15H18FN3O2S/c1-3-4-9-21-13(20)10-22-15-18-17-14(19(15)2)11-5-7-12(16)8-6-11/h5-8H,3-4,9-10H2,1-2H3. The van der Waals surface area contributed by atoms with E-state index in [-0.39, 0.29) is 17.5 Å². The number of ether oxygens (including phenoxy) is 1. The molecule has 22 heavy (non-hydrogen) atoms. The number of halogens is 1. The summed E-state index contributed by atoms with van der Waals surface area (Å²) in [5.74, 6) is 0.265. The SMILES string of the molecule is CCCCOC(=O)CSc1nnc(-c2ccc(F)cc2)n1C. The Balaban J connectivity index is 1.96. The molecule has 0 unspecified atom stereocenters. The third kappa shape index (κ3) is 4.30. The highest BCUT2D eigenvalue weighted by molar-refractivity contribution is 7.99. The molecule has 2 rings (SSSR count). The summed E-state index contributed by atoms with van der Waals surface area (Å²) in [6, 6.07) is 6.05. The molecule has 0 aliphatic heterocycles. The number of nitrogens with zero attached hydrogens (tertiary/aromatic N) is 3. The average molecular weight is 323 g/mol. The lowest BCUT2D eigenvalue weighted by Gasteiger charge is -2.05. The van der Waals surface area contributed by atoms with E-state index in [0.717, 1.165) is 18.4 Å². The second-order valence-electron chi connectivity index (χ2n) is 4.73. The van der Waals surface area contributed by atoms with E-state index in [1.165, 1.54) is 23.9 Å². The van der Waals surface area contributed by atoms with E-state index in [4.69, 9.17) is 4.74 Å². The molecule has 5 nitrogen and oxygen atoms in total. The zero-order chi connectivity index (χ0) is 15.9. The number of esters is 1. The first-order valence-corrected chi connectivity index (χ1v) is 8.04. The molecule has 2 aromatic rings. The number of aromatic nitrogens is 3. The Morgan fingerprint density at radius 2 is 2.05 bits per heavy atom. The minimum Gasteiger partial charge on any atom is -0.465 e. The third-order valence-corrected chi connectivity index (χ3v) is 4.01. The van der Waals surface area contributed by atoms with Crippen molar-refractivity contribution < 1.29 is 13.9 Å². The van der Waals surface area contributed by atoms with E-state index >= 15 is 0 Å².